The Morgan fingerprint density at radius 2 is 1.84 bits per heavy atom. The number of nitrogens with zero attached hydrogens (tertiary/aromatic N) is 6. The van der Waals surface area contributed by atoms with E-state index in [1.54, 1.807) is 13.2 Å². The molecule has 0 spiro atoms. The highest BCUT2D eigenvalue weighted by Gasteiger charge is 2.20. The van der Waals surface area contributed by atoms with Crippen LogP contribution in [0.2, 0.25) is 0 Å². The maximum atomic E-state index is 9.72. The van der Waals surface area contributed by atoms with Crippen molar-refractivity contribution in [1.82, 2.24) is 19.9 Å². The Bertz CT molecular complexity index is 1270. The molecule has 2 fully saturated rings. The van der Waals surface area contributed by atoms with Crippen LogP contribution in [0.1, 0.15) is 18.4 Å². The summed E-state index contributed by atoms with van der Waals surface area (Å²) in [5.74, 6) is 2.37. The second-order valence-corrected chi connectivity index (χ2v) is 9.18. The lowest BCUT2D eigenvalue weighted by Crippen LogP contribution is -2.44. The van der Waals surface area contributed by atoms with Gasteiger partial charge in [-0.15, -0.1) is 0 Å². The van der Waals surface area contributed by atoms with Crippen molar-refractivity contribution in [2.45, 2.75) is 18.9 Å². The number of piperazine rings is 1. The van der Waals surface area contributed by atoms with Gasteiger partial charge < -0.3 is 29.3 Å². The van der Waals surface area contributed by atoms with E-state index in [9.17, 15) is 5.26 Å². The molecule has 0 aliphatic carbocycles. The highest BCUT2D eigenvalue weighted by Crippen LogP contribution is 2.31. The molecule has 0 amide bonds. The highest BCUT2D eigenvalue weighted by atomic mass is 16.5. The van der Waals surface area contributed by atoms with Crippen molar-refractivity contribution in [3.8, 4) is 29.0 Å². The van der Waals surface area contributed by atoms with E-state index in [4.69, 9.17) is 14.2 Å². The molecule has 0 atom stereocenters. The van der Waals surface area contributed by atoms with Crippen molar-refractivity contribution in [2.24, 2.45) is 0 Å². The first kappa shape index (κ1) is 24.7. The number of methoxy groups -OCH3 is 1. The lowest BCUT2D eigenvalue weighted by Gasteiger charge is -2.34. The fourth-order valence-electron chi connectivity index (χ4n) is 4.51. The molecule has 4 heterocycles. The zero-order valence-corrected chi connectivity index (χ0v) is 21.2. The molecular weight excluding hydrogens is 470 g/mol. The lowest BCUT2D eigenvalue weighted by molar-refractivity contribution is 0.0254. The number of anilines is 3. The summed E-state index contributed by atoms with van der Waals surface area (Å²) >= 11 is 0. The summed E-state index contributed by atoms with van der Waals surface area (Å²) in [6.45, 7) is 5.23. The molecule has 2 saturated heterocycles. The number of hydrogen-bond donors (Lipinski definition) is 1. The smallest absolute Gasteiger partial charge is 0.239 e. The zero-order chi connectivity index (χ0) is 25.6. The first-order chi connectivity index (χ1) is 18.1. The number of hydrogen-bond acceptors (Lipinski definition) is 10. The van der Waals surface area contributed by atoms with Gasteiger partial charge in [0.2, 0.25) is 5.88 Å². The number of likely N-dealkylation sites (N-methyl/N-ethyl adjacent to an activating group) is 1. The Balaban J connectivity index is 1.32. The van der Waals surface area contributed by atoms with E-state index < -0.39 is 0 Å². The van der Waals surface area contributed by atoms with E-state index in [2.05, 4.69) is 43.2 Å². The van der Waals surface area contributed by atoms with Gasteiger partial charge in [0.1, 0.15) is 41.6 Å². The topological polar surface area (TPSA) is 109 Å². The molecular formula is C27H31N7O3. The number of aromatic nitrogens is 3. The van der Waals surface area contributed by atoms with Gasteiger partial charge in [-0.1, -0.05) is 0 Å². The monoisotopic (exact) mass is 501 g/mol. The summed E-state index contributed by atoms with van der Waals surface area (Å²) in [7, 11) is 3.77. The predicted molar refractivity (Wildman–Crippen MR) is 140 cm³/mol. The van der Waals surface area contributed by atoms with Gasteiger partial charge in [0.25, 0.3) is 0 Å². The van der Waals surface area contributed by atoms with E-state index in [0.29, 0.717) is 47.7 Å². The average Bonchev–Trinajstić information content (AvgIpc) is 2.94. The van der Waals surface area contributed by atoms with Gasteiger partial charge in [0.15, 0.2) is 0 Å². The molecule has 2 aliphatic rings. The maximum absolute atomic E-state index is 9.72. The van der Waals surface area contributed by atoms with Gasteiger partial charge in [0, 0.05) is 50.7 Å². The Hall–Kier alpha value is -3.94. The van der Waals surface area contributed by atoms with Crippen LogP contribution in [0.25, 0.3) is 11.3 Å². The molecule has 5 rings (SSSR count). The van der Waals surface area contributed by atoms with Crippen LogP contribution >= 0.6 is 0 Å². The standard InChI is InChI=1S/C27H31N7O3/c1-33-9-11-34(12-10-33)23-4-6-25(32-27(23)35-2)31-26-16-22(29-18-30-26)19-3-5-24(20(15-19)17-28)37-21-7-13-36-14-8-21/h3-6,15-16,18,21H,7-14H2,1-2H3,(H,29,30,31,32). The summed E-state index contributed by atoms with van der Waals surface area (Å²) in [4.78, 5) is 18.0. The number of benzene rings is 1. The van der Waals surface area contributed by atoms with Gasteiger partial charge in [-0.05, 0) is 37.4 Å². The summed E-state index contributed by atoms with van der Waals surface area (Å²) in [6.07, 6.45) is 3.20. The molecule has 3 aromatic rings. The van der Waals surface area contributed by atoms with Crippen LogP contribution in [0.5, 0.6) is 11.6 Å². The van der Waals surface area contributed by atoms with Crippen molar-refractivity contribution in [3.63, 3.8) is 0 Å². The minimum Gasteiger partial charge on any atom is -0.489 e. The molecule has 2 aromatic heterocycles. The third-order valence-corrected chi connectivity index (χ3v) is 6.66. The van der Waals surface area contributed by atoms with Gasteiger partial charge in [-0.2, -0.15) is 10.2 Å². The fourth-order valence-corrected chi connectivity index (χ4v) is 4.51. The molecule has 0 radical (unpaired) electrons. The summed E-state index contributed by atoms with van der Waals surface area (Å²) in [6, 6.07) is 13.6. The van der Waals surface area contributed by atoms with Gasteiger partial charge in [0.05, 0.1) is 31.6 Å². The minimum absolute atomic E-state index is 0.0636. The van der Waals surface area contributed by atoms with Crippen LogP contribution in [0.15, 0.2) is 42.7 Å². The number of pyridine rings is 1. The summed E-state index contributed by atoms with van der Waals surface area (Å²) < 4.78 is 17.1. The van der Waals surface area contributed by atoms with Crippen molar-refractivity contribution in [2.75, 3.05) is 63.8 Å². The normalized spacial score (nSPS) is 16.7. The van der Waals surface area contributed by atoms with E-state index in [1.165, 1.54) is 6.33 Å². The Morgan fingerprint density at radius 1 is 1.03 bits per heavy atom. The highest BCUT2D eigenvalue weighted by molar-refractivity contribution is 5.68. The number of ether oxygens (including phenoxy) is 3. The molecule has 0 saturated carbocycles. The van der Waals surface area contributed by atoms with Crippen molar-refractivity contribution >= 4 is 17.3 Å². The van der Waals surface area contributed by atoms with E-state index in [-0.39, 0.29) is 6.10 Å². The number of nitriles is 1. The molecule has 0 bridgehead atoms. The SMILES string of the molecule is COc1nc(Nc2cc(-c3ccc(OC4CCOCC4)c(C#N)c3)ncn2)ccc1N1CCN(C)CC1. The molecule has 2 aliphatic heterocycles. The Labute approximate surface area is 216 Å². The third kappa shape index (κ3) is 5.90. The summed E-state index contributed by atoms with van der Waals surface area (Å²) in [5, 5.41) is 13.0. The summed E-state index contributed by atoms with van der Waals surface area (Å²) in [5.41, 5.74) is 2.95. The van der Waals surface area contributed by atoms with E-state index in [0.717, 1.165) is 50.3 Å². The second-order valence-electron chi connectivity index (χ2n) is 9.18. The molecule has 192 valence electrons. The predicted octanol–water partition coefficient (Wildman–Crippen LogP) is 3.47. The number of nitrogens with one attached hydrogen (secondary N) is 1. The molecule has 10 nitrogen and oxygen atoms in total. The third-order valence-electron chi connectivity index (χ3n) is 6.66. The first-order valence-electron chi connectivity index (χ1n) is 12.5. The van der Waals surface area contributed by atoms with Crippen LogP contribution in [-0.2, 0) is 4.74 Å². The van der Waals surface area contributed by atoms with Gasteiger partial charge >= 0.3 is 0 Å². The zero-order valence-electron chi connectivity index (χ0n) is 21.2. The Kier molecular flexibility index (Phi) is 7.63. The van der Waals surface area contributed by atoms with E-state index >= 15 is 0 Å². The van der Waals surface area contributed by atoms with Crippen LogP contribution < -0.4 is 19.7 Å². The van der Waals surface area contributed by atoms with Crippen LogP contribution in [0, 0.1) is 11.3 Å². The second kappa shape index (κ2) is 11.4. The van der Waals surface area contributed by atoms with Gasteiger partial charge in [-0.25, -0.2) is 9.97 Å². The maximum Gasteiger partial charge on any atom is 0.239 e. The van der Waals surface area contributed by atoms with Crippen LogP contribution in [-0.4, -0.2) is 79.5 Å². The van der Waals surface area contributed by atoms with E-state index in [1.807, 2.05) is 30.3 Å². The molecule has 0 unspecified atom stereocenters. The van der Waals surface area contributed by atoms with Crippen molar-refractivity contribution < 1.29 is 14.2 Å². The van der Waals surface area contributed by atoms with Crippen LogP contribution in [0.3, 0.4) is 0 Å². The quantitative estimate of drug-likeness (QED) is 0.517. The van der Waals surface area contributed by atoms with Crippen LogP contribution in [0.4, 0.5) is 17.3 Å². The Morgan fingerprint density at radius 3 is 2.59 bits per heavy atom. The average molecular weight is 502 g/mol. The van der Waals surface area contributed by atoms with Crippen molar-refractivity contribution in [3.05, 3.63) is 48.3 Å². The van der Waals surface area contributed by atoms with Crippen molar-refractivity contribution in [1.29, 1.82) is 5.26 Å². The first-order valence-corrected chi connectivity index (χ1v) is 12.5. The molecule has 1 aromatic carbocycles. The molecule has 37 heavy (non-hydrogen) atoms. The lowest BCUT2D eigenvalue weighted by atomic mass is 10.1. The van der Waals surface area contributed by atoms with Gasteiger partial charge in [-0.3, -0.25) is 0 Å². The fraction of sp³-hybridized carbons (Fsp3) is 0.407. The molecule has 1 N–H and O–H groups in total. The minimum atomic E-state index is 0.0636. The largest absolute Gasteiger partial charge is 0.489 e. The number of rotatable bonds is 7. The molecule has 10 heteroatoms.